The number of phenols is 1. The van der Waals surface area contributed by atoms with Crippen molar-refractivity contribution in [2.24, 2.45) is 0 Å². The van der Waals surface area contributed by atoms with Crippen LogP contribution in [0.2, 0.25) is 0 Å². The van der Waals surface area contributed by atoms with Gasteiger partial charge in [0.05, 0.1) is 18.2 Å². The summed E-state index contributed by atoms with van der Waals surface area (Å²) in [4.78, 5) is 45.5. The maximum Gasteiger partial charge on any atom is 0.450 e. The van der Waals surface area contributed by atoms with E-state index < -0.39 is 57.5 Å². The van der Waals surface area contributed by atoms with Crippen LogP contribution in [0, 0.1) is 0 Å². The highest BCUT2D eigenvalue weighted by Crippen LogP contribution is 2.45. The number of hydroxylamine groups is 3. The molecule has 192 valence electrons. The second kappa shape index (κ2) is 8.20. The van der Waals surface area contributed by atoms with Crippen molar-refractivity contribution < 1.29 is 51.3 Å². The molecule has 1 aliphatic heterocycles. The molecule has 0 atom stereocenters. The molecule has 8 nitrogen and oxygen atoms in total. The van der Waals surface area contributed by atoms with Gasteiger partial charge in [0.1, 0.15) is 6.04 Å². The van der Waals surface area contributed by atoms with Crippen molar-refractivity contribution in [2.75, 3.05) is 20.2 Å². The fraction of sp³-hybridized carbons (Fsp3) is 0.269. The summed E-state index contributed by atoms with van der Waals surface area (Å²) in [6.07, 6.45) is -5.20. The molecular formula is C26H21F3NO7+. The first-order valence-electron chi connectivity index (χ1n) is 11.3. The number of furan rings is 1. The van der Waals surface area contributed by atoms with E-state index in [4.69, 9.17) is 14.0 Å². The lowest BCUT2D eigenvalue weighted by Gasteiger charge is -2.23. The number of halogens is 3. The smallest absolute Gasteiger partial charge is 0.450 e. The number of quaternary nitrogens is 1. The first kappa shape index (κ1) is 24.6. The molecule has 37 heavy (non-hydrogen) atoms. The Bertz CT molecular complexity index is 1480. The molecule has 2 heterocycles. The number of hydrogen-bond donors (Lipinski definition) is 1. The largest absolute Gasteiger partial charge is 0.504 e. The quantitative estimate of drug-likeness (QED) is 0.228. The first-order chi connectivity index (χ1) is 17.4. The van der Waals surface area contributed by atoms with E-state index in [0.717, 1.165) is 12.1 Å². The monoisotopic (exact) mass is 516 g/mol. The summed E-state index contributed by atoms with van der Waals surface area (Å²) in [5.41, 5.74) is -2.57. The summed E-state index contributed by atoms with van der Waals surface area (Å²) in [7, 11) is 1.25. The van der Waals surface area contributed by atoms with Gasteiger partial charge >= 0.3 is 6.18 Å². The van der Waals surface area contributed by atoms with Crippen molar-refractivity contribution in [1.29, 1.82) is 0 Å². The number of aromatic hydroxyl groups is 1. The fourth-order valence-electron chi connectivity index (χ4n) is 4.46. The van der Waals surface area contributed by atoms with E-state index >= 15 is 0 Å². The van der Waals surface area contributed by atoms with Gasteiger partial charge in [0.15, 0.2) is 41.9 Å². The predicted octanol–water partition coefficient (Wildman–Crippen LogP) is 4.55. The van der Waals surface area contributed by atoms with Crippen LogP contribution < -0.4 is 9.57 Å². The molecule has 1 saturated heterocycles. The van der Waals surface area contributed by atoms with Gasteiger partial charge in [0.2, 0.25) is 11.5 Å². The number of ether oxygens (including phenoxy) is 1. The predicted molar refractivity (Wildman–Crippen MR) is 121 cm³/mol. The molecule has 0 spiro atoms. The van der Waals surface area contributed by atoms with E-state index in [1.54, 1.807) is 0 Å². The number of alkyl halides is 3. The number of fused-ring (bicyclic) bond motifs is 2. The summed E-state index contributed by atoms with van der Waals surface area (Å²) < 4.78 is 52.3. The Hall–Kier alpha value is -4.12. The maximum absolute atomic E-state index is 14.0. The molecule has 2 aromatic carbocycles. The molecule has 1 aromatic heterocycles. The third kappa shape index (κ3) is 3.77. The van der Waals surface area contributed by atoms with Crippen molar-refractivity contribution in [3.05, 3.63) is 75.7 Å². The van der Waals surface area contributed by atoms with Crippen LogP contribution in [0.25, 0.3) is 0 Å². The van der Waals surface area contributed by atoms with Crippen LogP contribution >= 0.6 is 0 Å². The van der Waals surface area contributed by atoms with Gasteiger partial charge in [-0.15, -0.1) is 4.65 Å². The number of carbonyl (C=O) groups is 3. The molecular weight excluding hydrogens is 495 g/mol. The molecule has 1 fully saturated rings. The molecule has 0 radical (unpaired) electrons. The number of rotatable bonds is 6. The van der Waals surface area contributed by atoms with Crippen LogP contribution in [0.5, 0.6) is 17.2 Å². The summed E-state index contributed by atoms with van der Waals surface area (Å²) in [5.74, 6) is -6.51. The summed E-state index contributed by atoms with van der Waals surface area (Å²) in [6.45, 7) is 5.19. The molecule has 2 aliphatic rings. The topological polar surface area (TPSA) is 103 Å². The summed E-state index contributed by atoms with van der Waals surface area (Å²) in [5, 5.41) is 10.7. The lowest BCUT2D eigenvalue weighted by Crippen LogP contribution is -2.37. The SMILES string of the molecule is COc1cc(C(=O)c2c(C(F)(F)F)oc3c2C(=O)c2ccccc2C3=O)cc(O)c1O[N+]1(C(C)C)CC1. The van der Waals surface area contributed by atoms with Crippen LogP contribution in [0.4, 0.5) is 13.2 Å². The van der Waals surface area contributed by atoms with Gasteiger partial charge in [-0.2, -0.15) is 13.2 Å². The Labute approximate surface area is 208 Å². The highest BCUT2D eigenvalue weighted by atomic mass is 19.4. The van der Waals surface area contributed by atoms with Crippen molar-refractivity contribution in [3.63, 3.8) is 0 Å². The highest BCUT2D eigenvalue weighted by molar-refractivity contribution is 6.31. The van der Waals surface area contributed by atoms with E-state index in [2.05, 4.69) is 0 Å². The minimum Gasteiger partial charge on any atom is -0.504 e. The minimum absolute atomic E-state index is 0.0450. The third-order valence-corrected chi connectivity index (χ3v) is 6.64. The average Bonchev–Trinajstić information content (AvgIpc) is 3.53. The van der Waals surface area contributed by atoms with Gasteiger partial charge in [0, 0.05) is 16.7 Å². The lowest BCUT2D eigenvalue weighted by molar-refractivity contribution is -0.990. The van der Waals surface area contributed by atoms with Gasteiger partial charge in [0.25, 0.3) is 5.75 Å². The van der Waals surface area contributed by atoms with Crippen LogP contribution in [0.3, 0.4) is 0 Å². The van der Waals surface area contributed by atoms with Gasteiger partial charge in [-0.05, 0) is 26.0 Å². The molecule has 5 rings (SSSR count). The number of hydrogen-bond acceptors (Lipinski definition) is 7. The Morgan fingerprint density at radius 1 is 1.08 bits per heavy atom. The fourth-order valence-corrected chi connectivity index (χ4v) is 4.46. The van der Waals surface area contributed by atoms with Crippen LogP contribution in [0.1, 0.15) is 67.6 Å². The second-order valence-electron chi connectivity index (χ2n) is 9.15. The zero-order valence-corrected chi connectivity index (χ0v) is 19.9. The standard InChI is InChI=1S/C26H20F3NO7/c1-12(2)30(8-9-30)37-23-16(31)10-13(11-17(23)35-3)20(32)19-18-21(33)14-6-4-5-7-15(14)22(34)24(18)36-25(19)26(27,28)29/h4-7,10-12H,8-9H2,1-3H3/p+1. The Morgan fingerprint density at radius 3 is 2.24 bits per heavy atom. The van der Waals surface area contributed by atoms with E-state index in [1.165, 1.54) is 31.4 Å². The molecule has 1 aliphatic carbocycles. The Morgan fingerprint density at radius 2 is 1.70 bits per heavy atom. The molecule has 11 heteroatoms. The summed E-state index contributed by atoms with van der Waals surface area (Å²) >= 11 is 0. The van der Waals surface area contributed by atoms with E-state index in [1.807, 2.05) is 13.8 Å². The number of nitrogens with zero attached hydrogens (tertiary/aromatic N) is 1. The lowest BCUT2D eigenvalue weighted by atomic mass is 9.84. The Kier molecular flexibility index (Phi) is 5.45. The average molecular weight is 516 g/mol. The summed E-state index contributed by atoms with van der Waals surface area (Å²) in [6, 6.07) is 7.57. The molecule has 1 N–H and O–H groups in total. The van der Waals surface area contributed by atoms with Crippen LogP contribution in [-0.2, 0) is 6.18 Å². The highest BCUT2D eigenvalue weighted by Gasteiger charge is 2.51. The second-order valence-corrected chi connectivity index (χ2v) is 9.15. The van der Waals surface area contributed by atoms with Crippen LogP contribution in [-0.4, -0.2) is 53.3 Å². The van der Waals surface area contributed by atoms with Gasteiger partial charge in [-0.3, -0.25) is 14.4 Å². The van der Waals surface area contributed by atoms with Crippen molar-refractivity contribution in [1.82, 2.24) is 0 Å². The normalized spacial score (nSPS) is 15.9. The molecule has 0 saturated carbocycles. The van der Waals surface area contributed by atoms with E-state index in [9.17, 15) is 32.7 Å². The minimum atomic E-state index is -5.20. The zero-order chi connectivity index (χ0) is 26.9. The molecule has 3 aromatic rings. The molecule has 0 unspecified atom stereocenters. The molecule has 0 amide bonds. The van der Waals surface area contributed by atoms with Crippen molar-refractivity contribution in [3.8, 4) is 17.2 Å². The maximum atomic E-state index is 14.0. The van der Waals surface area contributed by atoms with Gasteiger partial charge in [-0.1, -0.05) is 24.3 Å². The van der Waals surface area contributed by atoms with Gasteiger partial charge in [-0.25, -0.2) is 0 Å². The Balaban J connectivity index is 1.66. The number of benzene rings is 2. The van der Waals surface area contributed by atoms with Gasteiger partial charge < -0.3 is 19.1 Å². The van der Waals surface area contributed by atoms with Crippen LogP contribution in [0.15, 0.2) is 40.8 Å². The number of methoxy groups -OCH3 is 1. The zero-order valence-electron chi connectivity index (χ0n) is 19.9. The number of phenolic OH excluding ortho intramolecular Hbond substituents is 1. The first-order valence-corrected chi connectivity index (χ1v) is 11.3. The van der Waals surface area contributed by atoms with E-state index in [0.29, 0.717) is 13.1 Å². The molecule has 0 bridgehead atoms. The number of carbonyl (C=O) groups excluding carboxylic acids is 3. The number of ketones is 3. The van der Waals surface area contributed by atoms with Crippen molar-refractivity contribution in [2.45, 2.75) is 26.1 Å². The van der Waals surface area contributed by atoms with E-state index in [-0.39, 0.29) is 33.3 Å². The third-order valence-electron chi connectivity index (χ3n) is 6.64. The van der Waals surface area contributed by atoms with Crippen molar-refractivity contribution >= 4 is 17.3 Å².